The molecule has 196 valence electrons. The third kappa shape index (κ3) is 7.86. The van der Waals surface area contributed by atoms with Gasteiger partial charge in [-0.2, -0.15) is 4.98 Å². The fourth-order valence-corrected chi connectivity index (χ4v) is 4.98. The maximum atomic E-state index is 13.3. The molecule has 9 nitrogen and oxygen atoms in total. The van der Waals surface area contributed by atoms with Gasteiger partial charge in [0.25, 0.3) is 5.91 Å². The molecule has 2 aromatic heterocycles. The standard InChI is InChI=1S/C27H41N7O2/c1-2-3-13-29-27-31-18-24(25(33-27)30-17-20-6-8-23(35)9-7-20)26(36)32-22-10-14-34(15-11-22)19-21-5-4-12-28-16-21/h4-5,12,16,18,20,22-23,35H,2-3,6-11,13-15,17,19H2,1H3,(H,32,36)(H2,29,30,31,33). The molecule has 4 rings (SSSR count). The Morgan fingerprint density at radius 3 is 2.64 bits per heavy atom. The summed E-state index contributed by atoms with van der Waals surface area (Å²) in [5, 5.41) is 19.7. The molecule has 0 aromatic carbocycles. The average molecular weight is 496 g/mol. The van der Waals surface area contributed by atoms with E-state index < -0.39 is 0 Å². The van der Waals surface area contributed by atoms with Gasteiger partial charge in [0.1, 0.15) is 11.4 Å². The summed E-state index contributed by atoms with van der Waals surface area (Å²) in [6.45, 7) is 6.46. The largest absolute Gasteiger partial charge is 0.393 e. The molecule has 0 atom stereocenters. The molecule has 0 unspecified atom stereocenters. The summed E-state index contributed by atoms with van der Waals surface area (Å²) in [5.74, 6) is 1.48. The number of aliphatic hydroxyl groups excluding tert-OH is 1. The smallest absolute Gasteiger partial charge is 0.256 e. The van der Waals surface area contributed by atoms with E-state index in [-0.39, 0.29) is 18.1 Å². The van der Waals surface area contributed by atoms with E-state index in [2.05, 4.69) is 48.8 Å². The topological polar surface area (TPSA) is 115 Å². The summed E-state index contributed by atoms with van der Waals surface area (Å²) in [7, 11) is 0. The van der Waals surface area contributed by atoms with Crippen molar-refractivity contribution in [1.82, 2.24) is 25.2 Å². The van der Waals surface area contributed by atoms with Crippen molar-refractivity contribution in [2.45, 2.75) is 77.0 Å². The minimum absolute atomic E-state index is 0.123. The number of nitrogens with one attached hydrogen (secondary N) is 3. The molecule has 4 N–H and O–H groups in total. The fourth-order valence-electron chi connectivity index (χ4n) is 4.98. The zero-order valence-corrected chi connectivity index (χ0v) is 21.5. The highest BCUT2D eigenvalue weighted by molar-refractivity contribution is 5.98. The molecule has 1 aliphatic heterocycles. The first-order valence-corrected chi connectivity index (χ1v) is 13.6. The maximum absolute atomic E-state index is 13.3. The average Bonchev–Trinajstić information content (AvgIpc) is 2.90. The lowest BCUT2D eigenvalue weighted by atomic mass is 9.87. The molecule has 36 heavy (non-hydrogen) atoms. The molecule has 0 spiro atoms. The molecular weight excluding hydrogens is 454 g/mol. The zero-order valence-electron chi connectivity index (χ0n) is 21.5. The number of unbranched alkanes of at least 4 members (excludes halogenated alkanes) is 1. The molecule has 2 aromatic rings. The first kappa shape index (κ1) is 26.3. The van der Waals surface area contributed by atoms with Crippen molar-refractivity contribution in [3.8, 4) is 0 Å². The third-order valence-corrected chi connectivity index (χ3v) is 7.27. The van der Waals surface area contributed by atoms with Crippen LogP contribution < -0.4 is 16.0 Å². The Kier molecular flexibility index (Phi) is 9.86. The number of piperidine rings is 1. The van der Waals surface area contributed by atoms with Gasteiger partial charge in [-0.1, -0.05) is 19.4 Å². The highest BCUT2D eigenvalue weighted by Crippen LogP contribution is 2.25. The SMILES string of the molecule is CCCCNc1ncc(C(=O)NC2CCN(Cc3cccnc3)CC2)c(NCC2CCC(O)CC2)n1. The Bertz CT molecular complexity index is 942. The highest BCUT2D eigenvalue weighted by atomic mass is 16.3. The van der Waals surface area contributed by atoms with Crippen LogP contribution in [0.1, 0.15) is 74.2 Å². The molecule has 1 saturated heterocycles. The number of anilines is 2. The van der Waals surface area contributed by atoms with Crippen LogP contribution in [0.3, 0.4) is 0 Å². The van der Waals surface area contributed by atoms with Gasteiger partial charge in [0.05, 0.1) is 6.10 Å². The summed E-state index contributed by atoms with van der Waals surface area (Å²) in [5.41, 5.74) is 1.71. The number of hydrogen-bond acceptors (Lipinski definition) is 8. The van der Waals surface area contributed by atoms with E-state index in [9.17, 15) is 9.90 Å². The van der Waals surface area contributed by atoms with Crippen molar-refractivity contribution in [3.63, 3.8) is 0 Å². The summed E-state index contributed by atoms with van der Waals surface area (Å²) in [4.78, 5) is 29.0. The summed E-state index contributed by atoms with van der Waals surface area (Å²) < 4.78 is 0. The Morgan fingerprint density at radius 2 is 1.92 bits per heavy atom. The van der Waals surface area contributed by atoms with Crippen molar-refractivity contribution in [2.24, 2.45) is 5.92 Å². The molecule has 2 fully saturated rings. The van der Waals surface area contributed by atoms with Gasteiger partial charge in [-0.15, -0.1) is 0 Å². The third-order valence-electron chi connectivity index (χ3n) is 7.27. The van der Waals surface area contributed by atoms with E-state index in [1.165, 1.54) is 5.56 Å². The second-order valence-electron chi connectivity index (χ2n) is 10.2. The lowest BCUT2D eigenvalue weighted by Crippen LogP contribution is -2.44. The molecule has 9 heteroatoms. The minimum atomic E-state index is -0.174. The second kappa shape index (κ2) is 13.5. The molecule has 2 aliphatic rings. The number of nitrogens with zero attached hydrogens (tertiary/aromatic N) is 4. The summed E-state index contributed by atoms with van der Waals surface area (Å²) in [6, 6.07) is 4.21. The van der Waals surface area contributed by atoms with Crippen LogP contribution in [0, 0.1) is 5.92 Å². The van der Waals surface area contributed by atoms with Crippen molar-refractivity contribution < 1.29 is 9.90 Å². The van der Waals surface area contributed by atoms with Gasteiger partial charge in [0.15, 0.2) is 0 Å². The van der Waals surface area contributed by atoms with Gasteiger partial charge in [-0.05, 0) is 62.5 Å². The number of carbonyl (C=O) groups is 1. The lowest BCUT2D eigenvalue weighted by Gasteiger charge is -2.32. The number of pyridine rings is 1. The van der Waals surface area contributed by atoms with Crippen LogP contribution in [-0.4, -0.2) is 69.2 Å². The van der Waals surface area contributed by atoms with Gasteiger partial charge in [0, 0.05) is 57.4 Å². The van der Waals surface area contributed by atoms with Gasteiger partial charge >= 0.3 is 0 Å². The first-order chi connectivity index (χ1) is 17.6. The van der Waals surface area contributed by atoms with E-state index in [0.29, 0.717) is 23.2 Å². The number of amides is 1. The highest BCUT2D eigenvalue weighted by Gasteiger charge is 2.24. The molecule has 3 heterocycles. The van der Waals surface area contributed by atoms with Crippen LogP contribution in [0.25, 0.3) is 0 Å². The molecule has 0 radical (unpaired) electrons. The number of carbonyl (C=O) groups excluding carboxylic acids is 1. The number of rotatable bonds is 11. The van der Waals surface area contributed by atoms with Gasteiger partial charge in [0.2, 0.25) is 5.95 Å². The van der Waals surface area contributed by atoms with Crippen LogP contribution in [0.2, 0.25) is 0 Å². The quantitative estimate of drug-likeness (QED) is 0.351. The minimum Gasteiger partial charge on any atom is -0.393 e. The molecular formula is C27H41N7O2. The summed E-state index contributed by atoms with van der Waals surface area (Å²) >= 11 is 0. The number of likely N-dealkylation sites (tertiary alicyclic amines) is 1. The summed E-state index contributed by atoms with van der Waals surface area (Å²) in [6.07, 6.45) is 12.8. The van der Waals surface area contributed by atoms with Crippen LogP contribution in [0.4, 0.5) is 11.8 Å². The van der Waals surface area contributed by atoms with Gasteiger partial charge < -0.3 is 21.1 Å². The van der Waals surface area contributed by atoms with Crippen LogP contribution >= 0.6 is 0 Å². The molecule has 1 amide bonds. The van der Waals surface area contributed by atoms with Crippen molar-refractivity contribution in [1.29, 1.82) is 0 Å². The predicted molar refractivity (Wildman–Crippen MR) is 142 cm³/mol. The number of hydrogen-bond donors (Lipinski definition) is 4. The Labute approximate surface area is 214 Å². The van der Waals surface area contributed by atoms with Crippen molar-refractivity contribution in [3.05, 3.63) is 41.9 Å². The van der Waals surface area contributed by atoms with Crippen molar-refractivity contribution in [2.75, 3.05) is 36.8 Å². The first-order valence-electron chi connectivity index (χ1n) is 13.6. The Hall–Kier alpha value is -2.78. The van der Waals surface area contributed by atoms with E-state index in [1.54, 1.807) is 12.4 Å². The second-order valence-corrected chi connectivity index (χ2v) is 10.2. The van der Waals surface area contributed by atoms with Crippen LogP contribution in [0.5, 0.6) is 0 Å². The van der Waals surface area contributed by atoms with E-state index in [4.69, 9.17) is 0 Å². The monoisotopic (exact) mass is 495 g/mol. The Balaban J connectivity index is 1.34. The maximum Gasteiger partial charge on any atom is 0.256 e. The van der Waals surface area contributed by atoms with Crippen molar-refractivity contribution >= 4 is 17.7 Å². The fraction of sp³-hybridized carbons (Fsp3) is 0.630. The van der Waals surface area contributed by atoms with E-state index >= 15 is 0 Å². The molecule has 0 bridgehead atoms. The predicted octanol–water partition coefficient (Wildman–Crippen LogP) is 3.44. The van der Waals surface area contributed by atoms with Crippen LogP contribution in [0.15, 0.2) is 30.7 Å². The molecule has 1 aliphatic carbocycles. The zero-order chi connectivity index (χ0) is 25.2. The van der Waals surface area contributed by atoms with E-state index in [1.807, 2.05) is 12.3 Å². The van der Waals surface area contributed by atoms with Gasteiger partial charge in [-0.3, -0.25) is 14.7 Å². The Morgan fingerprint density at radius 1 is 1.11 bits per heavy atom. The number of aromatic nitrogens is 3. The lowest BCUT2D eigenvalue weighted by molar-refractivity contribution is 0.0909. The molecule has 1 saturated carbocycles. The van der Waals surface area contributed by atoms with E-state index in [0.717, 1.165) is 84.1 Å². The van der Waals surface area contributed by atoms with Gasteiger partial charge in [-0.25, -0.2) is 4.98 Å². The normalized spacial score (nSPS) is 21.2. The number of aliphatic hydroxyl groups is 1. The van der Waals surface area contributed by atoms with Crippen LogP contribution in [-0.2, 0) is 6.54 Å².